The first-order chi connectivity index (χ1) is 7.77. The lowest BCUT2D eigenvalue weighted by molar-refractivity contribution is 0.0988. The van der Waals surface area contributed by atoms with E-state index in [0.717, 1.165) is 29.4 Å². The quantitative estimate of drug-likeness (QED) is 0.538. The van der Waals surface area contributed by atoms with Crippen molar-refractivity contribution in [3.05, 3.63) is 29.8 Å². The fourth-order valence-electron chi connectivity index (χ4n) is 1.30. The van der Waals surface area contributed by atoms with Crippen LogP contribution in [0.4, 0.5) is 0 Å². The van der Waals surface area contributed by atoms with E-state index in [-0.39, 0.29) is 5.78 Å². The molecular formula is C13H18O2S. The van der Waals surface area contributed by atoms with Crippen molar-refractivity contribution in [2.75, 3.05) is 18.1 Å². The minimum absolute atomic E-state index is 0.174. The van der Waals surface area contributed by atoms with Gasteiger partial charge in [0.05, 0.1) is 6.61 Å². The highest BCUT2D eigenvalue weighted by Gasteiger charge is 2.02. The summed E-state index contributed by atoms with van der Waals surface area (Å²) in [5.41, 5.74) is 0.762. The van der Waals surface area contributed by atoms with E-state index in [1.165, 1.54) is 0 Å². The van der Waals surface area contributed by atoms with Gasteiger partial charge in [0.15, 0.2) is 5.78 Å². The number of carbonyl (C=O) groups excluding carboxylic acids is 1. The molecule has 16 heavy (non-hydrogen) atoms. The van der Waals surface area contributed by atoms with Crippen LogP contribution >= 0.6 is 11.8 Å². The van der Waals surface area contributed by atoms with Crippen molar-refractivity contribution in [1.82, 2.24) is 0 Å². The molecule has 0 N–H and O–H groups in total. The second kappa shape index (κ2) is 7.34. The molecule has 1 aromatic carbocycles. The molecule has 88 valence electrons. The molecule has 0 atom stereocenters. The van der Waals surface area contributed by atoms with Crippen LogP contribution in [0.15, 0.2) is 24.3 Å². The summed E-state index contributed by atoms with van der Waals surface area (Å²) < 4.78 is 5.54. The molecule has 0 radical (unpaired) electrons. The van der Waals surface area contributed by atoms with Crippen molar-refractivity contribution in [1.29, 1.82) is 0 Å². The molecule has 1 aromatic rings. The Balaban J connectivity index is 2.42. The number of hydrogen-bond acceptors (Lipinski definition) is 3. The number of hydrogen-bond donors (Lipinski definition) is 0. The Labute approximate surface area is 101 Å². The first-order valence-electron chi connectivity index (χ1n) is 5.61. The SMILES string of the molecule is CCSCCOc1ccc(C(=O)CC)cc1. The first kappa shape index (κ1) is 13.1. The van der Waals surface area contributed by atoms with Crippen LogP contribution in [-0.4, -0.2) is 23.9 Å². The van der Waals surface area contributed by atoms with E-state index < -0.39 is 0 Å². The highest BCUT2D eigenvalue weighted by molar-refractivity contribution is 7.99. The van der Waals surface area contributed by atoms with E-state index in [0.29, 0.717) is 6.42 Å². The van der Waals surface area contributed by atoms with Gasteiger partial charge in [-0.1, -0.05) is 13.8 Å². The third kappa shape index (κ3) is 4.27. The van der Waals surface area contributed by atoms with Gasteiger partial charge in [-0.25, -0.2) is 0 Å². The minimum Gasteiger partial charge on any atom is -0.493 e. The van der Waals surface area contributed by atoms with Crippen molar-refractivity contribution in [3.63, 3.8) is 0 Å². The van der Waals surface area contributed by atoms with Gasteiger partial charge >= 0.3 is 0 Å². The summed E-state index contributed by atoms with van der Waals surface area (Å²) in [5, 5.41) is 0. The Bertz CT molecular complexity index is 319. The van der Waals surface area contributed by atoms with Gasteiger partial charge < -0.3 is 4.74 Å². The molecular weight excluding hydrogens is 220 g/mol. The molecule has 0 aliphatic carbocycles. The Morgan fingerprint density at radius 3 is 2.50 bits per heavy atom. The summed E-state index contributed by atoms with van der Waals surface area (Å²) in [6.45, 7) is 4.73. The van der Waals surface area contributed by atoms with E-state index >= 15 is 0 Å². The van der Waals surface area contributed by atoms with Gasteiger partial charge in [-0.2, -0.15) is 11.8 Å². The summed E-state index contributed by atoms with van der Waals surface area (Å²) in [5.74, 6) is 3.14. The molecule has 0 aliphatic heterocycles. The lowest BCUT2D eigenvalue weighted by Crippen LogP contribution is -2.01. The molecule has 1 rings (SSSR count). The molecule has 0 aromatic heterocycles. The first-order valence-corrected chi connectivity index (χ1v) is 6.77. The highest BCUT2D eigenvalue weighted by atomic mass is 32.2. The number of ketones is 1. The Hall–Kier alpha value is -0.960. The minimum atomic E-state index is 0.174. The molecule has 0 saturated carbocycles. The maximum absolute atomic E-state index is 11.4. The largest absolute Gasteiger partial charge is 0.493 e. The maximum atomic E-state index is 11.4. The Morgan fingerprint density at radius 1 is 1.25 bits per heavy atom. The van der Waals surface area contributed by atoms with Crippen LogP contribution in [0.25, 0.3) is 0 Å². The molecule has 0 amide bonds. The van der Waals surface area contributed by atoms with Crippen molar-refractivity contribution < 1.29 is 9.53 Å². The van der Waals surface area contributed by atoms with Crippen LogP contribution in [0.1, 0.15) is 30.6 Å². The van der Waals surface area contributed by atoms with Crippen molar-refractivity contribution >= 4 is 17.5 Å². The maximum Gasteiger partial charge on any atom is 0.162 e. The Kier molecular flexibility index (Phi) is 6.01. The zero-order valence-corrected chi connectivity index (χ0v) is 10.7. The fraction of sp³-hybridized carbons (Fsp3) is 0.462. The van der Waals surface area contributed by atoms with Gasteiger partial charge in [-0.05, 0) is 30.0 Å². The number of carbonyl (C=O) groups is 1. The summed E-state index contributed by atoms with van der Waals surface area (Å²) in [7, 11) is 0. The van der Waals surface area contributed by atoms with E-state index in [1.54, 1.807) is 0 Å². The topological polar surface area (TPSA) is 26.3 Å². The van der Waals surface area contributed by atoms with E-state index in [4.69, 9.17) is 4.74 Å². The van der Waals surface area contributed by atoms with Crippen LogP contribution in [-0.2, 0) is 0 Å². The number of thioether (sulfide) groups is 1. The molecule has 0 heterocycles. The van der Waals surface area contributed by atoms with Crippen LogP contribution in [0.3, 0.4) is 0 Å². The van der Waals surface area contributed by atoms with Crippen molar-refractivity contribution in [3.8, 4) is 5.75 Å². The van der Waals surface area contributed by atoms with Gasteiger partial charge in [0.1, 0.15) is 5.75 Å². The predicted octanol–water partition coefficient (Wildman–Crippen LogP) is 3.41. The molecule has 0 fully saturated rings. The van der Waals surface area contributed by atoms with Gasteiger partial charge in [0.25, 0.3) is 0 Å². The van der Waals surface area contributed by atoms with Gasteiger partial charge in [0.2, 0.25) is 0 Å². The summed E-state index contributed by atoms with van der Waals surface area (Å²) in [6.07, 6.45) is 0.549. The summed E-state index contributed by atoms with van der Waals surface area (Å²) >= 11 is 1.86. The number of benzene rings is 1. The molecule has 0 bridgehead atoms. The monoisotopic (exact) mass is 238 g/mol. The van der Waals surface area contributed by atoms with Crippen LogP contribution in [0.5, 0.6) is 5.75 Å². The molecule has 0 saturated heterocycles. The number of Topliss-reactive ketones (excluding diaryl/α,β-unsaturated/α-hetero) is 1. The van der Waals surface area contributed by atoms with E-state index in [9.17, 15) is 4.79 Å². The molecule has 2 nitrogen and oxygen atoms in total. The second-order valence-electron chi connectivity index (χ2n) is 3.35. The second-order valence-corrected chi connectivity index (χ2v) is 4.74. The van der Waals surface area contributed by atoms with Crippen LogP contribution < -0.4 is 4.74 Å². The predicted molar refractivity (Wildman–Crippen MR) is 69.6 cm³/mol. The average molecular weight is 238 g/mol. The number of ether oxygens (including phenoxy) is 1. The van der Waals surface area contributed by atoms with Crippen molar-refractivity contribution in [2.24, 2.45) is 0 Å². The van der Waals surface area contributed by atoms with E-state index in [1.807, 2.05) is 43.0 Å². The normalized spacial score (nSPS) is 10.1. The highest BCUT2D eigenvalue weighted by Crippen LogP contribution is 2.13. The summed E-state index contributed by atoms with van der Waals surface area (Å²) in [6, 6.07) is 7.38. The standard InChI is InChI=1S/C13H18O2S/c1-3-13(14)11-5-7-12(8-6-11)15-9-10-16-4-2/h5-8H,3-4,9-10H2,1-2H3. The third-order valence-corrected chi connectivity index (χ3v) is 3.06. The third-order valence-electron chi connectivity index (χ3n) is 2.20. The Morgan fingerprint density at radius 2 is 1.94 bits per heavy atom. The smallest absolute Gasteiger partial charge is 0.162 e. The van der Waals surface area contributed by atoms with Crippen LogP contribution in [0.2, 0.25) is 0 Å². The fourth-order valence-corrected chi connectivity index (χ4v) is 1.79. The van der Waals surface area contributed by atoms with Gasteiger partial charge in [0, 0.05) is 17.7 Å². The van der Waals surface area contributed by atoms with Crippen LogP contribution in [0, 0.1) is 0 Å². The molecule has 3 heteroatoms. The zero-order chi connectivity index (χ0) is 11.8. The zero-order valence-electron chi connectivity index (χ0n) is 9.86. The van der Waals surface area contributed by atoms with Gasteiger partial charge in [-0.15, -0.1) is 0 Å². The van der Waals surface area contributed by atoms with E-state index in [2.05, 4.69) is 6.92 Å². The molecule has 0 spiro atoms. The van der Waals surface area contributed by atoms with Crippen molar-refractivity contribution in [2.45, 2.75) is 20.3 Å². The number of rotatable bonds is 7. The molecule has 0 aliphatic rings. The van der Waals surface area contributed by atoms with Gasteiger partial charge in [-0.3, -0.25) is 4.79 Å². The summed E-state index contributed by atoms with van der Waals surface area (Å²) in [4.78, 5) is 11.4. The molecule has 0 unspecified atom stereocenters. The lowest BCUT2D eigenvalue weighted by atomic mass is 10.1. The average Bonchev–Trinajstić information content (AvgIpc) is 2.34. The lowest BCUT2D eigenvalue weighted by Gasteiger charge is -2.06.